The van der Waals surface area contributed by atoms with E-state index < -0.39 is 11.7 Å². The third kappa shape index (κ3) is 3.10. The van der Waals surface area contributed by atoms with Gasteiger partial charge in [-0.2, -0.15) is 5.26 Å². The summed E-state index contributed by atoms with van der Waals surface area (Å²) in [4.78, 5) is 12.3. The minimum absolute atomic E-state index is 0.0501. The van der Waals surface area contributed by atoms with E-state index in [0.717, 1.165) is 30.4 Å². The number of anilines is 1. The topological polar surface area (TPSA) is 52.9 Å². The van der Waals surface area contributed by atoms with Crippen molar-refractivity contribution in [3.8, 4) is 6.07 Å². The molecular weight excluding hydrogens is 343 g/mol. The monoisotopic (exact) mass is 358 g/mol. The van der Waals surface area contributed by atoms with Crippen LogP contribution in [-0.4, -0.2) is 5.91 Å². The molecule has 0 spiro atoms. The lowest BCUT2D eigenvalue weighted by atomic mass is 9.85. The number of carbonyl (C=O) groups excluding carboxylic acids is 1. The Morgan fingerprint density at radius 3 is 2.88 bits per heavy atom. The van der Waals surface area contributed by atoms with Crippen molar-refractivity contribution in [2.24, 2.45) is 5.92 Å². The van der Waals surface area contributed by atoms with E-state index in [2.05, 4.69) is 18.3 Å². The Labute approximate surface area is 148 Å². The number of carbonyl (C=O) groups is 1. The molecule has 0 aliphatic heterocycles. The van der Waals surface area contributed by atoms with Crippen LogP contribution in [0.1, 0.15) is 40.4 Å². The van der Waals surface area contributed by atoms with Crippen LogP contribution in [0.15, 0.2) is 24.3 Å². The SMILES string of the molecule is CC1CCc2c(C#N)c(NC(=O)c3ccccc3F)sc(=S)c2C1. The van der Waals surface area contributed by atoms with Gasteiger partial charge in [0.1, 0.15) is 16.9 Å². The number of rotatable bonds is 2. The molecule has 3 nitrogen and oxygen atoms in total. The number of benzene rings is 1. The summed E-state index contributed by atoms with van der Waals surface area (Å²) in [5, 5.41) is 12.6. The standard InChI is InChI=1S/C18H15FN2OS2/c1-10-6-7-11-13(8-10)18(23)24-17(14(11)9-20)21-16(22)12-4-2-3-5-15(12)19/h2-5,10H,6-8H2,1H3,(H,21,22). The van der Waals surface area contributed by atoms with Crippen LogP contribution in [0, 0.1) is 26.9 Å². The van der Waals surface area contributed by atoms with Crippen LogP contribution in [0.5, 0.6) is 0 Å². The molecule has 2 aromatic rings. The molecule has 1 aliphatic rings. The highest BCUT2D eigenvalue weighted by atomic mass is 32.1. The predicted molar refractivity (Wildman–Crippen MR) is 95.4 cm³/mol. The summed E-state index contributed by atoms with van der Waals surface area (Å²) in [7, 11) is 0. The summed E-state index contributed by atoms with van der Waals surface area (Å²) in [6, 6.07) is 7.96. The van der Waals surface area contributed by atoms with Crippen molar-refractivity contribution in [1.82, 2.24) is 0 Å². The fourth-order valence-electron chi connectivity index (χ4n) is 2.96. The highest BCUT2D eigenvalue weighted by molar-refractivity contribution is 7.73. The zero-order valence-corrected chi connectivity index (χ0v) is 14.7. The van der Waals surface area contributed by atoms with Gasteiger partial charge in [-0.1, -0.05) is 31.3 Å². The van der Waals surface area contributed by atoms with Gasteiger partial charge in [-0.25, -0.2) is 4.39 Å². The van der Waals surface area contributed by atoms with Gasteiger partial charge in [0.25, 0.3) is 5.91 Å². The van der Waals surface area contributed by atoms with Crippen LogP contribution < -0.4 is 5.32 Å². The lowest BCUT2D eigenvalue weighted by Crippen LogP contribution is -2.17. The highest BCUT2D eigenvalue weighted by Crippen LogP contribution is 2.36. The Morgan fingerprint density at radius 2 is 2.17 bits per heavy atom. The maximum atomic E-state index is 13.8. The molecular formula is C18H15FN2OS2. The highest BCUT2D eigenvalue weighted by Gasteiger charge is 2.23. The zero-order valence-electron chi connectivity index (χ0n) is 13.1. The molecule has 6 heteroatoms. The number of nitrogens with one attached hydrogen (secondary N) is 1. The second-order valence-corrected chi connectivity index (χ2v) is 7.63. The molecule has 0 saturated heterocycles. The Hall–Kier alpha value is -2.10. The molecule has 0 fully saturated rings. The Kier molecular flexibility index (Phi) is 4.74. The lowest BCUT2D eigenvalue weighted by molar-refractivity contribution is 0.102. The fourth-order valence-corrected chi connectivity index (χ4v) is 4.35. The van der Waals surface area contributed by atoms with Gasteiger partial charge in [0.15, 0.2) is 0 Å². The molecule has 1 aromatic heterocycles. The van der Waals surface area contributed by atoms with Gasteiger partial charge >= 0.3 is 0 Å². The molecule has 1 unspecified atom stereocenters. The van der Waals surface area contributed by atoms with E-state index in [9.17, 15) is 14.4 Å². The summed E-state index contributed by atoms with van der Waals surface area (Å²) in [6.07, 6.45) is 2.63. The number of nitrogens with zero attached hydrogens (tertiary/aromatic N) is 1. The summed E-state index contributed by atoms with van der Waals surface area (Å²) < 4.78 is 14.5. The molecule has 3 rings (SSSR count). The number of nitriles is 1. The quantitative estimate of drug-likeness (QED) is 0.780. The van der Waals surface area contributed by atoms with Crippen molar-refractivity contribution in [2.75, 3.05) is 5.32 Å². The first-order chi connectivity index (χ1) is 11.5. The number of hydrogen-bond donors (Lipinski definition) is 1. The first kappa shape index (κ1) is 16.7. The van der Waals surface area contributed by atoms with Gasteiger partial charge in [0, 0.05) is 0 Å². The molecule has 24 heavy (non-hydrogen) atoms. The Balaban J connectivity index is 2.02. The lowest BCUT2D eigenvalue weighted by Gasteiger charge is -2.23. The van der Waals surface area contributed by atoms with Gasteiger partial charge < -0.3 is 5.32 Å². The molecule has 1 aromatic carbocycles. The van der Waals surface area contributed by atoms with Crippen LogP contribution in [0.3, 0.4) is 0 Å². The van der Waals surface area contributed by atoms with Gasteiger partial charge in [-0.05, 0) is 48.4 Å². The van der Waals surface area contributed by atoms with E-state index in [-0.39, 0.29) is 5.56 Å². The molecule has 1 aliphatic carbocycles. The normalized spacial score (nSPS) is 16.1. The number of hydrogen-bond acceptors (Lipinski definition) is 4. The second-order valence-electron chi connectivity index (χ2n) is 5.94. The third-order valence-electron chi connectivity index (χ3n) is 4.23. The van der Waals surface area contributed by atoms with Crippen molar-refractivity contribution in [1.29, 1.82) is 5.26 Å². The fraction of sp³-hybridized carbons (Fsp3) is 0.278. The molecule has 1 heterocycles. The summed E-state index contributed by atoms with van der Waals surface area (Å²) >= 11 is 6.68. The van der Waals surface area contributed by atoms with E-state index >= 15 is 0 Å². The van der Waals surface area contributed by atoms with Crippen LogP contribution in [0.4, 0.5) is 9.39 Å². The van der Waals surface area contributed by atoms with Crippen LogP contribution in [0.25, 0.3) is 0 Å². The van der Waals surface area contributed by atoms with Crippen molar-refractivity contribution in [3.63, 3.8) is 0 Å². The molecule has 1 atom stereocenters. The number of fused-ring (bicyclic) bond motifs is 1. The van der Waals surface area contributed by atoms with E-state index in [1.54, 1.807) is 6.07 Å². The first-order valence-corrected chi connectivity index (χ1v) is 8.88. The van der Waals surface area contributed by atoms with Gasteiger partial charge in [-0.15, -0.1) is 11.3 Å². The van der Waals surface area contributed by atoms with Crippen molar-refractivity contribution >= 4 is 34.5 Å². The van der Waals surface area contributed by atoms with E-state index in [4.69, 9.17) is 12.2 Å². The van der Waals surface area contributed by atoms with Gasteiger partial charge in [0.05, 0.1) is 15.0 Å². The molecule has 0 bridgehead atoms. The smallest absolute Gasteiger partial charge is 0.259 e. The number of halogens is 1. The largest absolute Gasteiger partial charge is 0.312 e. The van der Waals surface area contributed by atoms with E-state index in [1.807, 2.05) is 0 Å². The average Bonchev–Trinajstić information content (AvgIpc) is 2.56. The number of amides is 1. The third-order valence-corrected chi connectivity index (χ3v) is 5.67. The van der Waals surface area contributed by atoms with Crippen LogP contribution in [-0.2, 0) is 12.8 Å². The van der Waals surface area contributed by atoms with Gasteiger partial charge in [-0.3, -0.25) is 4.79 Å². The van der Waals surface area contributed by atoms with Crippen LogP contribution in [0.2, 0.25) is 0 Å². The van der Waals surface area contributed by atoms with Crippen molar-refractivity contribution in [3.05, 3.63) is 56.2 Å². The maximum Gasteiger partial charge on any atom is 0.259 e. The molecule has 1 amide bonds. The Bertz CT molecular complexity index is 914. The molecule has 122 valence electrons. The summed E-state index contributed by atoms with van der Waals surface area (Å²) in [6.45, 7) is 2.17. The minimum Gasteiger partial charge on any atom is -0.312 e. The maximum absolute atomic E-state index is 13.8. The van der Waals surface area contributed by atoms with Crippen LogP contribution >= 0.6 is 23.6 Å². The molecule has 0 saturated carbocycles. The summed E-state index contributed by atoms with van der Waals surface area (Å²) in [5.41, 5.74) is 2.39. The molecule has 1 N–H and O–H groups in total. The van der Waals surface area contributed by atoms with Crippen molar-refractivity contribution < 1.29 is 9.18 Å². The van der Waals surface area contributed by atoms with E-state index in [0.29, 0.717) is 20.3 Å². The minimum atomic E-state index is -0.594. The Morgan fingerprint density at radius 1 is 1.42 bits per heavy atom. The van der Waals surface area contributed by atoms with Crippen molar-refractivity contribution in [2.45, 2.75) is 26.2 Å². The zero-order chi connectivity index (χ0) is 17.3. The predicted octanol–water partition coefficient (Wildman–Crippen LogP) is 4.87. The second kappa shape index (κ2) is 6.80. The summed E-state index contributed by atoms with van der Waals surface area (Å²) in [5.74, 6) is -0.625. The average molecular weight is 358 g/mol. The molecule has 0 radical (unpaired) electrons. The van der Waals surface area contributed by atoms with Gasteiger partial charge in [0.2, 0.25) is 0 Å². The van der Waals surface area contributed by atoms with E-state index in [1.165, 1.54) is 29.5 Å². The first-order valence-electron chi connectivity index (χ1n) is 7.66.